The minimum absolute atomic E-state index is 0.00635. The lowest BCUT2D eigenvalue weighted by Gasteiger charge is -2.34. The lowest BCUT2D eigenvalue weighted by atomic mass is 10.0. The SMILES string of the molecule is COc1cccc(C2CN(C(=O)c3csc4c(=O)[nH]c(-c5ccccn5)nc34)CCN2)c1. The van der Waals surface area contributed by atoms with Crippen molar-refractivity contribution in [3.05, 3.63) is 75.5 Å². The van der Waals surface area contributed by atoms with Gasteiger partial charge in [-0.15, -0.1) is 11.3 Å². The van der Waals surface area contributed by atoms with Crippen molar-refractivity contribution < 1.29 is 9.53 Å². The Morgan fingerprint density at radius 1 is 1.25 bits per heavy atom. The molecule has 1 amide bonds. The third kappa shape index (κ3) is 3.76. The molecule has 9 heteroatoms. The predicted molar refractivity (Wildman–Crippen MR) is 123 cm³/mol. The van der Waals surface area contributed by atoms with Gasteiger partial charge in [0.1, 0.15) is 21.7 Å². The van der Waals surface area contributed by atoms with Crippen molar-refractivity contribution in [3.63, 3.8) is 0 Å². The Morgan fingerprint density at radius 2 is 2.16 bits per heavy atom. The second-order valence-corrected chi connectivity index (χ2v) is 8.37. The Labute approximate surface area is 187 Å². The van der Waals surface area contributed by atoms with E-state index in [9.17, 15) is 9.59 Å². The molecule has 4 aromatic rings. The van der Waals surface area contributed by atoms with E-state index in [0.717, 1.165) is 11.3 Å². The molecule has 1 aromatic carbocycles. The first-order chi connectivity index (χ1) is 15.6. The van der Waals surface area contributed by atoms with E-state index in [0.29, 0.717) is 46.9 Å². The van der Waals surface area contributed by atoms with E-state index < -0.39 is 0 Å². The molecule has 162 valence electrons. The molecular weight excluding hydrogens is 426 g/mol. The van der Waals surface area contributed by atoms with Crippen molar-refractivity contribution in [2.75, 3.05) is 26.7 Å². The summed E-state index contributed by atoms with van der Waals surface area (Å²) in [6, 6.07) is 13.2. The molecule has 1 saturated heterocycles. The highest BCUT2D eigenvalue weighted by atomic mass is 32.1. The van der Waals surface area contributed by atoms with Gasteiger partial charge in [-0.2, -0.15) is 0 Å². The van der Waals surface area contributed by atoms with Gasteiger partial charge in [0, 0.05) is 31.2 Å². The van der Waals surface area contributed by atoms with Crippen LogP contribution in [0.3, 0.4) is 0 Å². The first-order valence-electron chi connectivity index (χ1n) is 10.2. The van der Waals surface area contributed by atoms with Gasteiger partial charge in [0.05, 0.1) is 18.7 Å². The second-order valence-electron chi connectivity index (χ2n) is 7.49. The highest BCUT2D eigenvalue weighted by molar-refractivity contribution is 7.17. The van der Waals surface area contributed by atoms with Crippen LogP contribution in [-0.4, -0.2) is 52.5 Å². The average Bonchev–Trinajstić information content (AvgIpc) is 3.29. The summed E-state index contributed by atoms with van der Waals surface area (Å²) in [6.45, 7) is 1.76. The van der Waals surface area contributed by atoms with Crippen molar-refractivity contribution in [1.82, 2.24) is 25.2 Å². The molecule has 2 N–H and O–H groups in total. The van der Waals surface area contributed by atoms with E-state index >= 15 is 0 Å². The molecule has 4 heterocycles. The van der Waals surface area contributed by atoms with Crippen LogP contribution in [0, 0.1) is 0 Å². The van der Waals surface area contributed by atoms with Crippen LogP contribution in [0.2, 0.25) is 0 Å². The van der Waals surface area contributed by atoms with Crippen molar-refractivity contribution in [2.24, 2.45) is 0 Å². The van der Waals surface area contributed by atoms with Gasteiger partial charge in [-0.3, -0.25) is 14.6 Å². The maximum Gasteiger partial charge on any atom is 0.269 e. The molecule has 1 atom stereocenters. The van der Waals surface area contributed by atoms with Gasteiger partial charge in [-0.05, 0) is 29.8 Å². The van der Waals surface area contributed by atoms with Crippen molar-refractivity contribution in [1.29, 1.82) is 0 Å². The molecule has 0 saturated carbocycles. The summed E-state index contributed by atoms with van der Waals surface area (Å²) in [5, 5.41) is 5.19. The van der Waals surface area contributed by atoms with Gasteiger partial charge in [0.2, 0.25) is 0 Å². The molecule has 1 fully saturated rings. The van der Waals surface area contributed by atoms with Gasteiger partial charge in [0.25, 0.3) is 11.5 Å². The standard InChI is InChI=1S/C23H21N5O3S/c1-31-15-6-4-5-14(11-15)18-12-28(10-9-25-18)23(30)16-13-32-20-19(16)26-21(27-22(20)29)17-7-2-3-8-24-17/h2-8,11,13,18,25H,9-10,12H2,1H3,(H,26,27,29). The normalized spacial score (nSPS) is 16.3. The first kappa shape index (κ1) is 20.3. The zero-order valence-electron chi connectivity index (χ0n) is 17.4. The zero-order valence-corrected chi connectivity index (χ0v) is 18.2. The minimum Gasteiger partial charge on any atom is -0.497 e. The van der Waals surface area contributed by atoms with E-state index in [1.54, 1.807) is 30.8 Å². The molecule has 0 bridgehead atoms. The van der Waals surface area contributed by atoms with Gasteiger partial charge in [-0.25, -0.2) is 4.98 Å². The number of hydrogen-bond donors (Lipinski definition) is 2. The van der Waals surface area contributed by atoms with Gasteiger partial charge < -0.3 is 19.9 Å². The molecule has 0 aliphatic carbocycles. The summed E-state index contributed by atoms with van der Waals surface area (Å²) in [5.41, 5.74) is 2.20. The number of pyridine rings is 1. The van der Waals surface area contributed by atoms with E-state index in [-0.39, 0.29) is 17.5 Å². The largest absolute Gasteiger partial charge is 0.497 e. The summed E-state index contributed by atoms with van der Waals surface area (Å²) in [6.07, 6.45) is 1.64. The van der Waals surface area contributed by atoms with Crippen molar-refractivity contribution in [3.8, 4) is 17.3 Å². The number of carbonyl (C=O) groups is 1. The van der Waals surface area contributed by atoms with Crippen LogP contribution in [0.15, 0.2) is 58.8 Å². The number of aromatic amines is 1. The third-order valence-corrected chi connectivity index (χ3v) is 6.49. The number of hydrogen-bond acceptors (Lipinski definition) is 7. The molecule has 32 heavy (non-hydrogen) atoms. The molecule has 1 aliphatic rings. The van der Waals surface area contributed by atoms with E-state index in [4.69, 9.17) is 4.74 Å². The lowest BCUT2D eigenvalue weighted by Crippen LogP contribution is -2.48. The van der Waals surface area contributed by atoms with Crippen LogP contribution in [0.1, 0.15) is 22.0 Å². The van der Waals surface area contributed by atoms with Gasteiger partial charge in [0.15, 0.2) is 5.82 Å². The number of thiophene rings is 1. The number of amides is 1. The summed E-state index contributed by atoms with van der Waals surface area (Å²) < 4.78 is 5.77. The number of fused-ring (bicyclic) bond motifs is 1. The topological polar surface area (TPSA) is 100 Å². The molecule has 1 unspecified atom stereocenters. The molecule has 5 rings (SSSR count). The summed E-state index contributed by atoms with van der Waals surface area (Å²) in [5.74, 6) is 1.00. The highest BCUT2D eigenvalue weighted by Crippen LogP contribution is 2.27. The molecule has 3 aromatic heterocycles. The first-order valence-corrected chi connectivity index (χ1v) is 11.1. The number of methoxy groups -OCH3 is 1. The quantitative estimate of drug-likeness (QED) is 0.499. The van der Waals surface area contributed by atoms with Crippen LogP contribution in [-0.2, 0) is 0 Å². The maximum atomic E-state index is 13.4. The number of rotatable bonds is 4. The fourth-order valence-corrected chi connectivity index (χ4v) is 4.76. The number of aromatic nitrogens is 3. The molecular formula is C23H21N5O3S. The Morgan fingerprint density at radius 3 is 2.97 bits per heavy atom. The Bertz CT molecular complexity index is 1330. The van der Waals surface area contributed by atoms with Crippen LogP contribution in [0.25, 0.3) is 21.7 Å². The smallest absolute Gasteiger partial charge is 0.269 e. The fourth-order valence-electron chi connectivity index (χ4n) is 3.89. The minimum atomic E-state index is -0.269. The number of carbonyl (C=O) groups excluding carboxylic acids is 1. The van der Waals surface area contributed by atoms with E-state index in [1.165, 1.54) is 11.3 Å². The second kappa shape index (κ2) is 8.52. The van der Waals surface area contributed by atoms with Crippen molar-refractivity contribution >= 4 is 27.5 Å². The summed E-state index contributed by atoms with van der Waals surface area (Å²) >= 11 is 1.23. The lowest BCUT2D eigenvalue weighted by molar-refractivity contribution is 0.0705. The molecule has 0 radical (unpaired) electrons. The summed E-state index contributed by atoms with van der Waals surface area (Å²) in [7, 11) is 1.64. The van der Waals surface area contributed by atoms with E-state index in [2.05, 4.69) is 20.3 Å². The maximum absolute atomic E-state index is 13.4. The van der Waals surface area contributed by atoms with Gasteiger partial charge >= 0.3 is 0 Å². The number of H-pyrrole nitrogens is 1. The van der Waals surface area contributed by atoms with Crippen molar-refractivity contribution in [2.45, 2.75) is 6.04 Å². The fraction of sp³-hybridized carbons (Fsp3) is 0.217. The molecule has 1 aliphatic heterocycles. The number of benzene rings is 1. The molecule has 8 nitrogen and oxygen atoms in total. The average molecular weight is 448 g/mol. The number of nitrogens with one attached hydrogen (secondary N) is 2. The highest BCUT2D eigenvalue weighted by Gasteiger charge is 2.28. The number of nitrogens with zero attached hydrogens (tertiary/aromatic N) is 3. The molecule has 0 spiro atoms. The third-order valence-electron chi connectivity index (χ3n) is 5.52. The van der Waals surface area contributed by atoms with Crippen LogP contribution in [0.5, 0.6) is 5.75 Å². The Kier molecular flexibility index (Phi) is 5.42. The Hall–Kier alpha value is -3.56. The number of ether oxygens (including phenoxy) is 1. The van der Waals surface area contributed by atoms with Gasteiger partial charge in [-0.1, -0.05) is 18.2 Å². The zero-order chi connectivity index (χ0) is 22.1. The predicted octanol–water partition coefficient (Wildman–Crippen LogP) is 2.84. The monoisotopic (exact) mass is 447 g/mol. The number of piperazine rings is 1. The van der Waals surface area contributed by atoms with E-state index in [1.807, 2.05) is 35.2 Å². The van der Waals surface area contributed by atoms with Crippen LogP contribution >= 0.6 is 11.3 Å². The van der Waals surface area contributed by atoms with Crippen LogP contribution in [0.4, 0.5) is 0 Å². The summed E-state index contributed by atoms with van der Waals surface area (Å²) in [4.78, 5) is 39.5. The van der Waals surface area contributed by atoms with Crippen LogP contribution < -0.4 is 15.6 Å². The Balaban J connectivity index is 1.46.